The van der Waals surface area contributed by atoms with Gasteiger partial charge in [0, 0.05) is 22.7 Å². The number of anilines is 1. The van der Waals surface area contributed by atoms with Crippen LogP contribution in [0, 0.1) is 0 Å². The number of benzene rings is 2. The lowest BCUT2D eigenvalue weighted by atomic mass is 10.0. The van der Waals surface area contributed by atoms with Crippen LogP contribution in [0.2, 0.25) is 0 Å². The number of nitrogens with one attached hydrogen (secondary N) is 3. The fraction of sp³-hybridized carbons (Fsp3) is 0.192. The van der Waals surface area contributed by atoms with Crippen LogP contribution in [-0.4, -0.2) is 38.9 Å². The van der Waals surface area contributed by atoms with E-state index in [9.17, 15) is 13.8 Å². The molecule has 39 heavy (non-hydrogen) atoms. The van der Waals surface area contributed by atoms with Crippen molar-refractivity contribution in [3.8, 4) is 11.3 Å². The predicted octanol–water partition coefficient (Wildman–Crippen LogP) is 4.72. The van der Waals surface area contributed by atoms with Gasteiger partial charge in [-0.25, -0.2) is 15.3 Å². The molecule has 4 rings (SSSR count). The molecule has 4 N–H and O–H groups in total. The Labute approximate surface area is 235 Å². The average molecular weight is 587 g/mol. The van der Waals surface area contributed by atoms with Crippen molar-refractivity contribution in [3.05, 3.63) is 92.9 Å². The number of carbonyl (C=O) groups is 2. The van der Waals surface area contributed by atoms with Crippen LogP contribution in [0.4, 0.5) is 10.5 Å². The number of carbonyl (C=O) groups excluding carboxylic acids is 2. The van der Waals surface area contributed by atoms with E-state index in [1.807, 2.05) is 64.7 Å². The number of hydrogen-bond donors (Lipinski definition) is 4. The van der Waals surface area contributed by atoms with Crippen molar-refractivity contribution in [1.82, 2.24) is 15.6 Å². The second-order valence-electron chi connectivity index (χ2n) is 8.33. The van der Waals surface area contributed by atoms with Crippen LogP contribution in [0.5, 0.6) is 0 Å². The smallest absolute Gasteiger partial charge is 0.407 e. The first-order chi connectivity index (χ1) is 18.9. The molecule has 0 bridgehead atoms. The summed E-state index contributed by atoms with van der Waals surface area (Å²) in [4.78, 5) is 30.4. The van der Waals surface area contributed by atoms with Gasteiger partial charge >= 0.3 is 17.5 Å². The number of alkyl carbamates (subject to hydrolysis) is 1. The number of ether oxygens (including phenoxy) is 1. The number of methoxy groups -OCH3 is 1. The summed E-state index contributed by atoms with van der Waals surface area (Å²) in [7, 11) is 1.25. The minimum absolute atomic E-state index is 0.277. The molecule has 13 heteroatoms. The highest BCUT2D eigenvalue weighted by Crippen LogP contribution is 2.29. The number of rotatable bonds is 12. The molecule has 0 radical (unpaired) electrons. The van der Waals surface area contributed by atoms with Crippen LogP contribution < -0.4 is 16.1 Å². The van der Waals surface area contributed by atoms with Gasteiger partial charge in [0.15, 0.2) is 0 Å². The van der Waals surface area contributed by atoms with Gasteiger partial charge in [-0.3, -0.25) is 9.35 Å². The Balaban J connectivity index is 1.56. The molecule has 2 aromatic carbocycles. The van der Waals surface area contributed by atoms with E-state index in [1.165, 1.54) is 18.4 Å². The summed E-state index contributed by atoms with van der Waals surface area (Å²) < 4.78 is 28.8. The number of amides is 2. The van der Waals surface area contributed by atoms with Crippen molar-refractivity contribution in [2.45, 2.75) is 24.9 Å². The molecule has 0 saturated carbocycles. The molecule has 0 saturated heterocycles. The van der Waals surface area contributed by atoms with Crippen molar-refractivity contribution in [2.24, 2.45) is 0 Å². The summed E-state index contributed by atoms with van der Waals surface area (Å²) in [5.74, 6) is -0.376. The number of thiazole rings is 1. The van der Waals surface area contributed by atoms with Crippen LogP contribution in [0.25, 0.3) is 11.3 Å². The zero-order chi connectivity index (χ0) is 27.6. The average Bonchev–Trinajstić information content (AvgIpc) is 3.65. The number of nitrogens with zero attached hydrogens (tertiary/aromatic N) is 1. The first-order valence-electron chi connectivity index (χ1n) is 11.7. The fourth-order valence-electron chi connectivity index (χ4n) is 3.75. The van der Waals surface area contributed by atoms with E-state index in [0.717, 1.165) is 22.4 Å². The molecule has 1 unspecified atom stereocenters. The summed E-state index contributed by atoms with van der Waals surface area (Å²) in [5.41, 5.74) is 6.45. The van der Waals surface area contributed by atoms with Crippen molar-refractivity contribution in [3.63, 3.8) is 0 Å². The largest absolute Gasteiger partial charge is 0.453 e. The monoisotopic (exact) mass is 586 g/mol. The third-order valence-corrected chi connectivity index (χ3v) is 7.52. The van der Waals surface area contributed by atoms with Gasteiger partial charge in [0.1, 0.15) is 11.0 Å². The van der Waals surface area contributed by atoms with Gasteiger partial charge in [-0.1, -0.05) is 42.5 Å². The molecule has 0 aliphatic carbocycles. The van der Waals surface area contributed by atoms with Gasteiger partial charge in [-0.2, -0.15) is 15.5 Å². The highest BCUT2D eigenvalue weighted by Gasteiger charge is 2.26. The van der Waals surface area contributed by atoms with E-state index in [2.05, 4.69) is 20.4 Å². The Hall–Kier alpha value is -3.62. The normalized spacial score (nSPS) is 13.2. The lowest BCUT2D eigenvalue weighted by molar-refractivity contribution is -0.123. The molecule has 2 amide bonds. The molecule has 0 aliphatic rings. The van der Waals surface area contributed by atoms with E-state index in [1.54, 1.807) is 23.5 Å². The van der Waals surface area contributed by atoms with Crippen molar-refractivity contribution in [1.29, 1.82) is 0 Å². The van der Waals surface area contributed by atoms with Crippen molar-refractivity contribution < 1.29 is 27.4 Å². The first kappa shape index (κ1) is 28.4. The molecule has 0 spiro atoms. The number of hydrogen-bond acceptors (Lipinski definition) is 9. The minimum atomic E-state index is -2.45. The van der Waals surface area contributed by atoms with Gasteiger partial charge in [0.25, 0.3) is 0 Å². The zero-order valence-electron chi connectivity index (χ0n) is 20.7. The molecule has 0 aliphatic heterocycles. The maximum atomic E-state index is 13.5. The fourth-order valence-corrected chi connectivity index (χ4v) is 5.45. The minimum Gasteiger partial charge on any atom is -0.453 e. The van der Waals surface area contributed by atoms with Crippen LogP contribution >= 0.6 is 22.7 Å². The summed E-state index contributed by atoms with van der Waals surface area (Å²) in [6.45, 7) is 0. The topological polar surface area (TPSA) is 139 Å². The zero-order valence-corrected chi connectivity index (χ0v) is 23.2. The molecule has 2 heterocycles. The third kappa shape index (κ3) is 8.43. The van der Waals surface area contributed by atoms with Gasteiger partial charge in [-0.05, 0) is 41.1 Å². The van der Waals surface area contributed by atoms with E-state index in [-0.39, 0.29) is 12.3 Å². The Morgan fingerprint density at radius 3 is 2.41 bits per heavy atom. The third-order valence-electron chi connectivity index (χ3n) is 5.65. The quantitative estimate of drug-likeness (QED) is 0.138. The first-order valence-corrected chi connectivity index (χ1v) is 14.6. The second-order valence-corrected chi connectivity index (χ2v) is 10.6. The van der Waals surface area contributed by atoms with Gasteiger partial charge in [0.05, 0.1) is 24.5 Å². The standard InChI is InChI=1S/C26H26N4O6S3/c1-35-26(32)29-21(13-17-5-3-2-4-6-17)24(31)27-22(25-28-23(16-38-25)19-11-12-37-15-19)14-18-7-9-20(10-8-18)30-36-39(33)34/h2-12,15-16,21-22,30H,13-14H2,1H3,(H,27,31)(H,29,32)(H,33,34)/t21-,22-/m0/s1. The molecule has 2 aromatic heterocycles. The molecule has 4 aromatic rings. The van der Waals surface area contributed by atoms with E-state index in [4.69, 9.17) is 14.3 Å². The highest BCUT2D eigenvalue weighted by atomic mass is 32.2. The van der Waals surface area contributed by atoms with Crippen LogP contribution in [0.1, 0.15) is 22.2 Å². The molecular weight excluding hydrogens is 561 g/mol. The van der Waals surface area contributed by atoms with Gasteiger partial charge in [0.2, 0.25) is 5.91 Å². The van der Waals surface area contributed by atoms with Crippen LogP contribution in [-0.2, 0) is 38.0 Å². The van der Waals surface area contributed by atoms with E-state index >= 15 is 0 Å². The summed E-state index contributed by atoms with van der Waals surface area (Å²) in [5, 5.41) is 12.4. The van der Waals surface area contributed by atoms with Gasteiger partial charge < -0.3 is 15.4 Å². The van der Waals surface area contributed by atoms with Gasteiger partial charge in [-0.15, -0.1) is 15.6 Å². The Kier molecular flexibility index (Phi) is 10.2. The predicted molar refractivity (Wildman–Crippen MR) is 151 cm³/mol. The summed E-state index contributed by atoms with van der Waals surface area (Å²) in [6, 6.07) is 17.0. The number of aromatic nitrogens is 1. The van der Waals surface area contributed by atoms with E-state index in [0.29, 0.717) is 17.1 Å². The lowest BCUT2D eigenvalue weighted by Crippen LogP contribution is -2.49. The molecule has 3 atom stereocenters. The summed E-state index contributed by atoms with van der Waals surface area (Å²) >= 11 is 0.564. The Morgan fingerprint density at radius 1 is 1.00 bits per heavy atom. The summed E-state index contributed by atoms with van der Waals surface area (Å²) in [6.07, 6.45) is -0.0177. The highest BCUT2D eigenvalue weighted by molar-refractivity contribution is 7.74. The Bertz CT molecular complexity index is 1380. The molecular formula is C26H26N4O6S3. The SMILES string of the molecule is COC(=O)N[C@@H](Cc1ccccc1)C(=O)N[C@@H](Cc1ccc(NOS(=O)O)cc1)c1nc(-c2ccsc2)cs1. The van der Waals surface area contributed by atoms with Crippen LogP contribution in [0.3, 0.4) is 0 Å². The number of thiophene rings is 1. The van der Waals surface area contributed by atoms with Crippen molar-refractivity contribution >= 4 is 51.7 Å². The van der Waals surface area contributed by atoms with Crippen LogP contribution in [0.15, 0.2) is 76.8 Å². The molecule has 0 fully saturated rings. The second kappa shape index (κ2) is 14.0. The maximum Gasteiger partial charge on any atom is 0.407 e. The Morgan fingerprint density at radius 2 is 1.74 bits per heavy atom. The van der Waals surface area contributed by atoms with Crippen molar-refractivity contribution in [2.75, 3.05) is 12.6 Å². The van der Waals surface area contributed by atoms with E-state index < -0.39 is 29.5 Å². The lowest BCUT2D eigenvalue weighted by Gasteiger charge is -2.22. The molecule has 10 nitrogen and oxygen atoms in total. The molecule has 204 valence electrons. The maximum absolute atomic E-state index is 13.5.